The van der Waals surface area contributed by atoms with Gasteiger partial charge in [0.25, 0.3) is 11.8 Å². The highest BCUT2D eigenvalue weighted by atomic mass is 16.3. The zero-order valence-electron chi connectivity index (χ0n) is 10.4. The minimum Gasteiger partial charge on any atom is -0.459 e. The van der Waals surface area contributed by atoms with Crippen molar-refractivity contribution in [2.75, 3.05) is 6.54 Å². The fourth-order valence-electron chi connectivity index (χ4n) is 1.49. The molecule has 100 valence electrons. The SMILES string of the molecule is C[C@@H](CNC(=O)c1ccco1)NC(=O)c1ccco1. The molecule has 2 amide bonds. The summed E-state index contributed by atoms with van der Waals surface area (Å²) in [5, 5.41) is 5.36. The summed E-state index contributed by atoms with van der Waals surface area (Å²) in [6.45, 7) is 2.08. The van der Waals surface area contributed by atoms with E-state index in [1.165, 1.54) is 12.5 Å². The van der Waals surface area contributed by atoms with Gasteiger partial charge in [-0.1, -0.05) is 0 Å². The van der Waals surface area contributed by atoms with Gasteiger partial charge in [-0.05, 0) is 31.2 Å². The summed E-state index contributed by atoms with van der Waals surface area (Å²) in [6.07, 6.45) is 2.86. The van der Waals surface area contributed by atoms with Crippen LogP contribution in [0.3, 0.4) is 0 Å². The first kappa shape index (κ1) is 12.9. The topological polar surface area (TPSA) is 84.5 Å². The summed E-state index contributed by atoms with van der Waals surface area (Å²) in [5.74, 6) is -0.150. The van der Waals surface area contributed by atoms with Crippen LogP contribution in [-0.2, 0) is 0 Å². The second-order valence-electron chi connectivity index (χ2n) is 4.04. The third-order valence-electron chi connectivity index (χ3n) is 2.44. The van der Waals surface area contributed by atoms with Crippen molar-refractivity contribution in [2.45, 2.75) is 13.0 Å². The molecule has 0 bridgehead atoms. The van der Waals surface area contributed by atoms with E-state index < -0.39 is 0 Å². The highest BCUT2D eigenvalue weighted by Crippen LogP contribution is 2.01. The number of carbonyl (C=O) groups is 2. The van der Waals surface area contributed by atoms with Crippen LogP contribution in [0.25, 0.3) is 0 Å². The van der Waals surface area contributed by atoms with Gasteiger partial charge in [0.05, 0.1) is 12.5 Å². The number of rotatable bonds is 5. The molecule has 6 nitrogen and oxygen atoms in total. The summed E-state index contributed by atoms with van der Waals surface area (Å²) in [4.78, 5) is 23.2. The highest BCUT2D eigenvalue weighted by Gasteiger charge is 2.14. The van der Waals surface area contributed by atoms with Crippen LogP contribution < -0.4 is 10.6 Å². The number of hydrogen-bond acceptors (Lipinski definition) is 4. The van der Waals surface area contributed by atoms with E-state index in [-0.39, 0.29) is 29.4 Å². The molecule has 0 aliphatic heterocycles. The zero-order chi connectivity index (χ0) is 13.7. The van der Waals surface area contributed by atoms with E-state index >= 15 is 0 Å². The zero-order valence-corrected chi connectivity index (χ0v) is 10.4. The van der Waals surface area contributed by atoms with Gasteiger partial charge >= 0.3 is 0 Å². The largest absolute Gasteiger partial charge is 0.459 e. The fraction of sp³-hybridized carbons (Fsp3) is 0.231. The van der Waals surface area contributed by atoms with Crippen LogP contribution in [0.5, 0.6) is 0 Å². The molecule has 2 rings (SSSR count). The lowest BCUT2D eigenvalue weighted by Crippen LogP contribution is -2.41. The van der Waals surface area contributed by atoms with Crippen molar-refractivity contribution in [2.24, 2.45) is 0 Å². The Morgan fingerprint density at radius 2 is 1.68 bits per heavy atom. The number of hydrogen-bond donors (Lipinski definition) is 2. The molecule has 0 fully saturated rings. The van der Waals surface area contributed by atoms with Crippen LogP contribution in [0.2, 0.25) is 0 Å². The molecule has 6 heteroatoms. The molecule has 1 atom stereocenters. The lowest BCUT2D eigenvalue weighted by atomic mass is 10.3. The van der Waals surface area contributed by atoms with Gasteiger partial charge in [-0.25, -0.2) is 0 Å². The van der Waals surface area contributed by atoms with Crippen molar-refractivity contribution in [1.82, 2.24) is 10.6 Å². The number of amides is 2. The van der Waals surface area contributed by atoms with E-state index in [2.05, 4.69) is 10.6 Å². The van der Waals surface area contributed by atoms with Gasteiger partial charge in [-0.3, -0.25) is 9.59 Å². The number of carbonyl (C=O) groups excluding carboxylic acids is 2. The minimum absolute atomic E-state index is 0.225. The Balaban J connectivity index is 1.77. The van der Waals surface area contributed by atoms with Crippen molar-refractivity contribution < 1.29 is 18.4 Å². The average Bonchev–Trinajstić information content (AvgIpc) is 3.07. The molecule has 0 saturated heterocycles. The van der Waals surface area contributed by atoms with Gasteiger partial charge in [0.1, 0.15) is 0 Å². The Labute approximate surface area is 109 Å². The van der Waals surface area contributed by atoms with Crippen LogP contribution >= 0.6 is 0 Å². The lowest BCUT2D eigenvalue weighted by Gasteiger charge is -2.13. The number of nitrogens with one attached hydrogen (secondary N) is 2. The fourth-order valence-corrected chi connectivity index (χ4v) is 1.49. The summed E-state index contributed by atoms with van der Waals surface area (Å²) in [6, 6.07) is 6.19. The molecule has 2 aromatic rings. The molecule has 2 N–H and O–H groups in total. The molecule has 2 heterocycles. The second kappa shape index (κ2) is 5.90. The third-order valence-corrected chi connectivity index (χ3v) is 2.44. The van der Waals surface area contributed by atoms with Crippen molar-refractivity contribution in [1.29, 1.82) is 0 Å². The van der Waals surface area contributed by atoms with Gasteiger partial charge < -0.3 is 19.5 Å². The first-order valence-electron chi connectivity index (χ1n) is 5.83. The Morgan fingerprint density at radius 3 is 2.21 bits per heavy atom. The molecule has 0 aliphatic carbocycles. The summed E-state index contributed by atoms with van der Waals surface area (Å²) in [5.41, 5.74) is 0. The van der Waals surface area contributed by atoms with E-state index in [1.807, 2.05) is 0 Å². The maximum absolute atomic E-state index is 11.7. The smallest absolute Gasteiger partial charge is 0.287 e. The molecule has 0 unspecified atom stereocenters. The van der Waals surface area contributed by atoms with Crippen molar-refractivity contribution in [3.63, 3.8) is 0 Å². The Morgan fingerprint density at radius 1 is 1.11 bits per heavy atom. The minimum atomic E-state index is -0.316. The third kappa shape index (κ3) is 3.48. The quantitative estimate of drug-likeness (QED) is 0.853. The molecular formula is C13H14N2O4. The number of furan rings is 2. The average molecular weight is 262 g/mol. The Hall–Kier alpha value is -2.50. The van der Waals surface area contributed by atoms with Gasteiger partial charge in [0.15, 0.2) is 11.5 Å². The summed E-state index contributed by atoms with van der Waals surface area (Å²) in [7, 11) is 0. The van der Waals surface area contributed by atoms with Crippen molar-refractivity contribution >= 4 is 11.8 Å². The summed E-state index contributed by atoms with van der Waals surface area (Å²) < 4.78 is 9.92. The molecule has 0 aromatic carbocycles. The van der Waals surface area contributed by atoms with E-state index in [4.69, 9.17) is 8.83 Å². The van der Waals surface area contributed by atoms with Gasteiger partial charge in [-0.2, -0.15) is 0 Å². The van der Waals surface area contributed by atoms with Gasteiger partial charge in [0.2, 0.25) is 0 Å². The predicted molar refractivity (Wildman–Crippen MR) is 66.7 cm³/mol. The molecule has 0 aliphatic rings. The van der Waals surface area contributed by atoms with Crippen LogP contribution in [0.1, 0.15) is 28.0 Å². The van der Waals surface area contributed by atoms with Crippen LogP contribution in [0.4, 0.5) is 0 Å². The second-order valence-corrected chi connectivity index (χ2v) is 4.04. The van der Waals surface area contributed by atoms with E-state index in [1.54, 1.807) is 31.2 Å². The predicted octanol–water partition coefficient (Wildman–Crippen LogP) is 1.42. The van der Waals surface area contributed by atoms with Crippen molar-refractivity contribution in [3.05, 3.63) is 48.3 Å². The maximum atomic E-state index is 11.7. The summed E-state index contributed by atoms with van der Waals surface area (Å²) >= 11 is 0. The Bertz CT molecular complexity index is 531. The first-order chi connectivity index (χ1) is 9.16. The van der Waals surface area contributed by atoms with Gasteiger partial charge in [0, 0.05) is 12.6 Å². The molecule has 0 spiro atoms. The normalized spacial score (nSPS) is 11.8. The molecular weight excluding hydrogens is 248 g/mol. The lowest BCUT2D eigenvalue weighted by molar-refractivity contribution is 0.0884. The standard InChI is InChI=1S/C13H14N2O4/c1-9(15-13(17)11-5-3-7-19-11)8-14-12(16)10-4-2-6-18-10/h2-7,9H,8H2,1H3,(H,14,16)(H,15,17)/t9-/m0/s1. The molecule has 0 radical (unpaired) electrons. The molecule has 19 heavy (non-hydrogen) atoms. The van der Waals surface area contributed by atoms with E-state index in [0.29, 0.717) is 6.54 Å². The van der Waals surface area contributed by atoms with Crippen molar-refractivity contribution in [3.8, 4) is 0 Å². The van der Waals surface area contributed by atoms with Crippen LogP contribution in [-0.4, -0.2) is 24.4 Å². The highest BCUT2D eigenvalue weighted by molar-refractivity contribution is 5.92. The maximum Gasteiger partial charge on any atom is 0.287 e. The first-order valence-corrected chi connectivity index (χ1v) is 5.83. The van der Waals surface area contributed by atoms with Crippen LogP contribution in [0, 0.1) is 0 Å². The monoisotopic (exact) mass is 262 g/mol. The van der Waals surface area contributed by atoms with Crippen LogP contribution in [0.15, 0.2) is 45.6 Å². The van der Waals surface area contributed by atoms with E-state index in [9.17, 15) is 9.59 Å². The molecule has 0 saturated carbocycles. The Kier molecular flexibility index (Phi) is 4.02. The van der Waals surface area contributed by atoms with Gasteiger partial charge in [-0.15, -0.1) is 0 Å². The van der Waals surface area contributed by atoms with E-state index in [0.717, 1.165) is 0 Å². The molecule has 2 aromatic heterocycles.